The molecule has 2 atom stereocenters. The lowest BCUT2D eigenvalue weighted by molar-refractivity contribution is -0.765. The summed E-state index contributed by atoms with van der Waals surface area (Å²) in [6.45, 7) is -0.708. The third-order valence-electron chi connectivity index (χ3n) is 5.45. The molecule has 1 saturated heterocycles. The van der Waals surface area contributed by atoms with E-state index >= 15 is 0 Å². The van der Waals surface area contributed by atoms with Gasteiger partial charge < -0.3 is 31.4 Å². The average molecular weight is 567 g/mol. The zero-order valence-corrected chi connectivity index (χ0v) is 21.1. The number of β-lactam (4-membered cyclic amide) rings is 1. The van der Waals surface area contributed by atoms with Crippen LogP contribution in [0.4, 0.5) is 10.9 Å². The first-order chi connectivity index (χ1) is 18.1. The van der Waals surface area contributed by atoms with Gasteiger partial charge in [0.2, 0.25) is 24.6 Å². The Labute approximate surface area is 221 Å². The largest absolute Gasteiger partial charge is 0.479 e. The zero-order chi connectivity index (χ0) is 27.6. The number of aliphatic carboxylic acids is 2. The number of aromatic nitrogens is 4. The number of nitrogens with one attached hydrogen (secondary N) is 2. The van der Waals surface area contributed by atoms with Crippen LogP contribution in [0.2, 0.25) is 0 Å². The van der Waals surface area contributed by atoms with Crippen molar-refractivity contribution in [3.8, 4) is 0 Å². The van der Waals surface area contributed by atoms with Crippen LogP contribution in [0.5, 0.6) is 0 Å². The van der Waals surface area contributed by atoms with Crippen molar-refractivity contribution in [3.63, 3.8) is 0 Å². The first kappa shape index (κ1) is 26.5. The fourth-order valence-electron chi connectivity index (χ4n) is 3.74. The number of nitrogen functional groups attached to an aromatic ring is 1. The van der Waals surface area contributed by atoms with E-state index in [4.69, 9.17) is 10.8 Å². The van der Waals surface area contributed by atoms with Crippen LogP contribution in [0.15, 0.2) is 28.7 Å². The van der Waals surface area contributed by atoms with Crippen LogP contribution < -0.4 is 21.0 Å². The first-order valence-corrected chi connectivity index (χ1v) is 12.4. The summed E-state index contributed by atoms with van der Waals surface area (Å²) in [4.78, 5) is 69.2. The number of carboxylic acids is 2. The van der Waals surface area contributed by atoms with Crippen LogP contribution in [0.25, 0.3) is 0 Å². The molecule has 1 fully saturated rings. The number of carbonyl (C=O) groups is 5. The van der Waals surface area contributed by atoms with Crippen molar-refractivity contribution in [2.45, 2.75) is 18.0 Å². The maximum absolute atomic E-state index is 13.0. The minimum atomic E-state index is -1.34. The summed E-state index contributed by atoms with van der Waals surface area (Å²) in [5, 5.41) is 26.4. The number of carboxylic acid groups (broad SMARTS) is 2. The topological polar surface area (TPSA) is 235 Å². The van der Waals surface area contributed by atoms with Gasteiger partial charge in [-0.15, -0.1) is 21.1 Å². The van der Waals surface area contributed by atoms with Gasteiger partial charge in [-0.05, 0) is 0 Å². The standard InChI is InChI=1S/C19H19N9O8S2/c1-26-9(21-7-29)2-3-27(26)4-8-6-37-17-12(16(33)28(17)13(8)18(34)35)22-15(32)11(24-36-5-10(30)31)14-23-19(20)38-25-14/h2-3,7,12,17H,4-6H2,1H3,(H5,20,22,23,25,30,31,32,34,35)/p+1/t12-,17-/m1/s1. The number of carbonyl (C=O) groups excluding carboxylic acids is 3. The van der Waals surface area contributed by atoms with E-state index in [1.165, 1.54) is 11.8 Å². The molecular formula is C19H20N9O8S2+. The number of rotatable bonds is 11. The number of hydrogen-bond donors (Lipinski definition) is 5. The molecule has 0 unspecified atom stereocenters. The van der Waals surface area contributed by atoms with Gasteiger partial charge in [0.25, 0.3) is 11.8 Å². The molecule has 4 rings (SSSR count). The third-order valence-corrected chi connectivity index (χ3v) is 7.33. The molecular weight excluding hydrogens is 546 g/mol. The summed E-state index contributed by atoms with van der Waals surface area (Å²) in [7, 11) is 1.68. The summed E-state index contributed by atoms with van der Waals surface area (Å²) in [5.74, 6) is -3.75. The molecule has 17 nitrogen and oxygen atoms in total. The van der Waals surface area contributed by atoms with Crippen LogP contribution >= 0.6 is 23.3 Å². The van der Waals surface area contributed by atoms with Gasteiger partial charge in [0.15, 0.2) is 23.7 Å². The SMILES string of the molecule is Cn1c(NC=O)cc[n+]1CC1=C(C(=O)O)N2C(=O)[C@@H](NC(=O)C(=NOCC(=O)O)c3nsc(N)n3)[C@H]2SC1. The quantitative estimate of drug-likeness (QED) is 0.0627. The van der Waals surface area contributed by atoms with Gasteiger partial charge in [-0.2, -0.15) is 9.36 Å². The first-order valence-electron chi connectivity index (χ1n) is 10.6. The number of thioether (sulfide) groups is 1. The monoisotopic (exact) mass is 566 g/mol. The van der Waals surface area contributed by atoms with E-state index in [0.717, 1.165) is 16.4 Å². The average Bonchev–Trinajstić information content (AvgIpc) is 3.45. The molecule has 2 aromatic rings. The van der Waals surface area contributed by atoms with E-state index in [1.807, 2.05) is 0 Å². The fourth-order valence-corrected chi connectivity index (χ4v) is 5.51. The minimum Gasteiger partial charge on any atom is -0.479 e. The van der Waals surface area contributed by atoms with Crippen molar-refractivity contribution in [3.05, 3.63) is 29.4 Å². The molecule has 0 aromatic carbocycles. The molecule has 3 amide bonds. The molecule has 2 aliphatic rings. The highest BCUT2D eigenvalue weighted by atomic mass is 32.2. The Bertz CT molecular complexity index is 1380. The van der Waals surface area contributed by atoms with Crippen molar-refractivity contribution in [1.29, 1.82) is 0 Å². The second-order valence-corrected chi connectivity index (χ2v) is 9.65. The lowest BCUT2D eigenvalue weighted by Gasteiger charge is -2.49. The smallest absolute Gasteiger partial charge is 0.352 e. The molecule has 6 N–H and O–H groups in total. The van der Waals surface area contributed by atoms with Crippen LogP contribution in [0.1, 0.15) is 5.82 Å². The lowest BCUT2D eigenvalue weighted by Crippen LogP contribution is -2.71. The van der Waals surface area contributed by atoms with Crippen LogP contribution in [-0.2, 0) is 42.4 Å². The normalized spacial score (nSPS) is 18.9. The fraction of sp³-hybridized carbons (Fsp3) is 0.316. The molecule has 2 aliphatic heterocycles. The molecule has 0 radical (unpaired) electrons. The van der Waals surface area contributed by atoms with Gasteiger partial charge in [-0.3, -0.25) is 19.3 Å². The maximum atomic E-state index is 13.0. The second-order valence-electron chi connectivity index (χ2n) is 7.77. The van der Waals surface area contributed by atoms with E-state index < -0.39 is 47.5 Å². The molecule has 19 heteroatoms. The van der Waals surface area contributed by atoms with Crippen molar-refractivity contribution in [1.82, 2.24) is 24.3 Å². The number of nitrogens with two attached hydrogens (primary N) is 1. The van der Waals surface area contributed by atoms with Gasteiger partial charge >= 0.3 is 11.9 Å². The zero-order valence-electron chi connectivity index (χ0n) is 19.4. The molecule has 0 aliphatic carbocycles. The van der Waals surface area contributed by atoms with Gasteiger partial charge in [0.05, 0.1) is 13.1 Å². The molecule has 2 aromatic heterocycles. The highest BCUT2D eigenvalue weighted by molar-refractivity contribution is 8.00. The molecule has 0 bridgehead atoms. The van der Waals surface area contributed by atoms with Crippen LogP contribution in [0.3, 0.4) is 0 Å². The van der Waals surface area contributed by atoms with E-state index in [-0.39, 0.29) is 29.0 Å². The van der Waals surface area contributed by atoms with E-state index in [9.17, 15) is 29.1 Å². The Morgan fingerprint density at radius 1 is 1.39 bits per heavy atom. The number of anilines is 2. The summed E-state index contributed by atoms with van der Waals surface area (Å²) < 4.78 is 7.15. The van der Waals surface area contributed by atoms with Crippen molar-refractivity contribution < 1.29 is 43.7 Å². The van der Waals surface area contributed by atoms with E-state index in [2.05, 4.69) is 30.0 Å². The molecule has 200 valence electrons. The van der Waals surface area contributed by atoms with Crippen molar-refractivity contribution in [2.24, 2.45) is 12.2 Å². The van der Waals surface area contributed by atoms with E-state index in [0.29, 0.717) is 17.8 Å². The Balaban J connectivity index is 1.53. The van der Waals surface area contributed by atoms with Crippen molar-refractivity contribution in [2.75, 3.05) is 23.4 Å². The molecule has 38 heavy (non-hydrogen) atoms. The summed E-state index contributed by atoms with van der Waals surface area (Å²) in [5.41, 5.74) is 5.31. The van der Waals surface area contributed by atoms with Gasteiger partial charge in [0.1, 0.15) is 17.1 Å². The number of amides is 3. The lowest BCUT2D eigenvalue weighted by atomic mass is 10.0. The second kappa shape index (κ2) is 10.8. The molecule has 0 saturated carbocycles. The summed E-state index contributed by atoms with van der Waals surface area (Å²) in [6.07, 6.45) is 2.17. The number of nitrogens with zero attached hydrogens (tertiary/aromatic N) is 6. The highest BCUT2D eigenvalue weighted by Crippen LogP contribution is 2.40. The predicted octanol–water partition coefficient (Wildman–Crippen LogP) is -2.44. The van der Waals surface area contributed by atoms with Gasteiger partial charge in [-0.1, -0.05) is 5.16 Å². The third kappa shape index (κ3) is 5.13. The molecule has 4 heterocycles. The Morgan fingerprint density at radius 2 is 2.16 bits per heavy atom. The van der Waals surface area contributed by atoms with E-state index in [1.54, 1.807) is 28.7 Å². The van der Waals surface area contributed by atoms with Crippen molar-refractivity contribution >= 4 is 70.1 Å². The van der Waals surface area contributed by atoms with Crippen LogP contribution in [-0.4, -0.2) is 88.8 Å². The minimum absolute atomic E-state index is 0.0152. The summed E-state index contributed by atoms with van der Waals surface area (Å²) in [6, 6.07) is 0.536. The van der Waals surface area contributed by atoms with Gasteiger partial charge in [-0.25, -0.2) is 9.59 Å². The number of oxime groups is 1. The Kier molecular flexibility index (Phi) is 7.57. The Hall–Kier alpha value is -4.52. The predicted molar refractivity (Wildman–Crippen MR) is 129 cm³/mol. The molecule has 0 spiro atoms. The van der Waals surface area contributed by atoms with Crippen LogP contribution in [0, 0.1) is 0 Å². The summed E-state index contributed by atoms with van der Waals surface area (Å²) >= 11 is 2.01. The highest BCUT2D eigenvalue weighted by Gasteiger charge is 2.55. The Morgan fingerprint density at radius 3 is 2.79 bits per heavy atom. The van der Waals surface area contributed by atoms with Gasteiger partial charge in [0, 0.05) is 22.9 Å². The number of hydrogen-bond acceptors (Lipinski definition) is 12. The maximum Gasteiger partial charge on any atom is 0.352 e. The number of fused-ring (bicyclic) bond motifs is 1.